The Labute approximate surface area is 105 Å². The van der Waals surface area contributed by atoms with Gasteiger partial charge in [-0.3, -0.25) is 0 Å². The first-order valence-electron chi connectivity index (χ1n) is 6.21. The lowest BCUT2D eigenvalue weighted by Crippen LogP contribution is -2.16. The molecule has 1 aliphatic heterocycles. The average Bonchev–Trinajstić information content (AvgIpc) is 2.83. The van der Waals surface area contributed by atoms with Crippen molar-refractivity contribution in [1.82, 2.24) is 0 Å². The topological polar surface area (TPSA) is 9.23 Å². The molecule has 0 N–H and O–H groups in total. The number of hydrogen-bond acceptors (Lipinski definition) is 1. The number of benzene rings is 1. The lowest BCUT2D eigenvalue weighted by atomic mass is 9.87. The Hall–Kier alpha value is -1.07. The van der Waals surface area contributed by atoms with E-state index >= 15 is 0 Å². The van der Waals surface area contributed by atoms with Crippen molar-refractivity contribution in [1.29, 1.82) is 0 Å². The van der Waals surface area contributed by atoms with Gasteiger partial charge in [-0.2, -0.15) is 0 Å². The van der Waals surface area contributed by atoms with E-state index in [2.05, 4.69) is 45.7 Å². The number of fused-ring (bicyclic) bond motifs is 1. The predicted molar refractivity (Wildman–Crippen MR) is 75.1 cm³/mol. The quantitative estimate of drug-likeness (QED) is 0.725. The van der Waals surface area contributed by atoms with E-state index in [1.54, 1.807) is 0 Å². The molecule has 1 aromatic rings. The molecule has 1 aliphatic carbocycles. The van der Waals surface area contributed by atoms with Crippen LogP contribution in [-0.2, 0) is 0 Å². The Morgan fingerprint density at radius 2 is 2.29 bits per heavy atom. The zero-order valence-electron chi connectivity index (χ0n) is 9.86. The number of ether oxygens (including phenoxy) is 1. The molecule has 2 aliphatic rings. The fourth-order valence-corrected chi connectivity index (χ4v) is 2.91. The van der Waals surface area contributed by atoms with Crippen molar-refractivity contribution >= 4 is 14.5 Å². The Balaban J connectivity index is 1.87. The SMILES string of the molecule is Pc1ccc2c(c1)C(CC1=CCC=C1)CCO2. The molecule has 0 amide bonds. The van der Waals surface area contributed by atoms with Crippen LogP contribution in [0.4, 0.5) is 0 Å². The molecule has 1 aromatic carbocycles. The smallest absolute Gasteiger partial charge is 0.122 e. The highest BCUT2D eigenvalue weighted by atomic mass is 31.0. The summed E-state index contributed by atoms with van der Waals surface area (Å²) in [5.74, 6) is 1.70. The molecule has 3 rings (SSSR count). The van der Waals surface area contributed by atoms with E-state index in [-0.39, 0.29) is 0 Å². The lowest BCUT2D eigenvalue weighted by molar-refractivity contribution is 0.267. The molecular formula is C15H17OP. The van der Waals surface area contributed by atoms with Crippen LogP contribution in [0.25, 0.3) is 0 Å². The minimum absolute atomic E-state index is 0.619. The third kappa shape index (κ3) is 2.30. The van der Waals surface area contributed by atoms with Gasteiger partial charge in [0.1, 0.15) is 5.75 Å². The molecule has 88 valence electrons. The van der Waals surface area contributed by atoms with E-state index in [4.69, 9.17) is 4.74 Å². The predicted octanol–water partition coefficient (Wildman–Crippen LogP) is 3.33. The molecule has 2 atom stereocenters. The van der Waals surface area contributed by atoms with E-state index in [1.807, 2.05) is 0 Å². The molecule has 0 bridgehead atoms. The van der Waals surface area contributed by atoms with Crippen molar-refractivity contribution in [2.24, 2.45) is 0 Å². The Kier molecular flexibility index (Phi) is 3.03. The van der Waals surface area contributed by atoms with Crippen molar-refractivity contribution in [2.75, 3.05) is 6.61 Å². The summed E-state index contributed by atoms with van der Waals surface area (Å²) in [6.07, 6.45) is 10.2. The highest BCUT2D eigenvalue weighted by Crippen LogP contribution is 2.37. The van der Waals surface area contributed by atoms with Gasteiger partial charge in [0.2, 0.25) is 0 Å². The van der Waals surface area contributed by atoms with E-state index in [0.29, 0.717) is 5.92 Å². The van der Waals surface area contributed by atoms with Crippen molar-refractivity contribution in [2.45, 2.75) is 25.2 Å². The van der Waals surface area contributed by atoms with Gasteiger partial charge in [-0.05, 0) is 48.2 Å². The first kappa shape index (κ1) is 11.0. The molecule has 2 unspecified atom stereocenters. The summed E-state index contributed by atoms with van der Waals surface area (Å²) in [6, 6.07) is 6.45. The zero-order chi connectivity index (χ0) is 11.7. The maximum Gasteiger partial charge on any atom is 0.122 e. The highest BCUT2D eigenvalue weighted by molar-refractivity contribution is 7.27. The summed E-state index contributed by atoms with van der Waals surface area (Å²) in [5.41, 5.74) is 2.86. The van der Waals surface area contributed by atoms with Crippen molar-refractivity contribution in [3.05, 3.63) is 47.6 Å². The first-order chi connectivity index (χ1) is 8.33. The van der Waals surface area contributed by atoms with Crippen LogP contribution in [0, 0.1) is 0 Å². The van der Waals surface area contributed by atoms with E-state index < -0.39 is 0 Å². The standard InChI is InChI=1S/C15H17OP/c17-13-5-6-15-14(10-13)12(7-8-16-15)9-11-3-1-2-4-11/h1,3-6,10,12H,2,7-9,17H2. The van der Waals surface area contributed by atoms with Crippen LogP contribution in [0.15, 0.2) is 42.0 Å². The third-order valence-corrected chi connectivity index (χ3v) is 3.89. The minimum atomic E-state index is 0.619. The van der Waals surface area contributed by atoms with Crippen molar-refractivity contribution in [3.8, 4) is 5.75 Å². The van der Waals surface area contributed by atoms with Gasteiger partial charge in [0.25, 0.3) is 0 Å². The van der Waals surface area contributed by atoms with Crippen LogP contribution in [0.5, 0.6) is 5.75 Å². The minimum Gasteiger partial charge on any atom is -0.493 e. The fourth-order valence-electron chi connectivity index (χ4n) is 2.64. The van der Waals surface area contributed by atoms with E-state index in [1.165, 1.54) is 16.4 Å². The molecule has 0 aromatic heterocycles. The molecule has 1 nitrogen and oxygen atoms in total. The summed E-state index contributed by atoms with van der Waals surface area (Å²) < 4.78 is 5.73. The van der Waals surface area contributed by atoms with Gasteiger partial charge < -0.3 is 4.74 Å². The Morgan fingerprint density at radius 1 is 1.35 bits per heavy atom. The molecule has 1 heterocycles. The van der Waals surface area contributed by atoms with Gasteiger partial charge in [-0.25, -0.2) is 0 Å². The number of allylic oxidation sites excluding steroid dienone is 4. The molecule has 17 heavy (non-hydrogen) atoms. The van der Waals surface area contributed by atoms with Gasteiger partial charge >= 0.3 is 0 Å². The largest absolute Gasteiger partial charge is 0.493 e. The number of hydrogen-bond donors (Lipinski definition) is 0. The summed E-state index contributed by atoms with van der Waals surface area (Å²) in [7, 11) is 2.77. The van der Waals surface area contributed by atoms with Gasteiger partial charge in [-0.15, -0.1) is 9.24 Å². The van der Waals surface area contributed by atoms with Crippen LogP contribution >= 0.6 is 9.24 Å². The molecule has 0 spiro atoms. The normalized spacial score (nSPS) is 21.9. The zero-order valence-corrected chi connectivity index (χ0v) is 11.0. The summed E-state index contributed by atoms with van der Waals surface area (Å²) in [4.78, 5) is 0. The molecular weight excluding hydrogens is 227 g/mol. The summed E-state index contributed by atoms with van der Waals surface area (Å²) in [6.45, 7) is 0.852. The van der Waals surface area contributed by atoms with Crippen LogP contribution in [0.3, 0.4) is 0 Å². The first-order valence-corrected chi connectivity index (χ1v) is 6.78. The molecule has 0 radical (unpaired) electrons. The Morgan fingerprint density at radius 3 is 3.12 bits per heavy atom. The second-order valence-electron chi connectivity index (χ2n) is 4.75. The summed E-state index contributed by atoms with van der Waals surface area (Å²) >= 11 is 0. The fraction of sp³-hybridized carbons (Fsp3) is 0.333. The lowest BCUT2D eigenvalue weighted by Gasteiger charge is -2.26. The van der Waals surface area contributed by atoms with Gasteiger partial charge in [0, 0.05) is 0 Å². The average molecular weight is 244 g/mol. The molecule has 2 heteroatoms. The summed E-state index contributed by atoms with van der Waals surface area (Å²) in [5, 5.41) is 1.25. The van der Waals surface area contributed by atoms with Gasteiger partial charge in [0.05, 0.1) is 6.61 Å². The second-order valence-corrected chi connectivity index (χ2v) is 5.42. The molecule has 0 fully saturated rings. The van der Waals surface area contributed by atoms with Crippen LogP contribution in [0.2, 0.25) is 0 Å². The monoisotopic (exact) mass is 244 g/mol. The molecule has 0 saturated carbocycles. The van der Waals surface area contributed by atoms with Crippen molar-refractivity contribution < 1.29 is 4.74 Å². The van der Waals surface area contributed by atoms with E-state index in [0.717, 1.165) is 31.6 Å². The van der Waals surface area contributed by atoms with Crippen LogP contribution < -0.4 is 10.0 Å². The van der Waals surface area contributed by atoms with E-state index in [9.17, 15) is 0 Å². The maximum atomic E-state index is 5.73. The van der Waals surface area contributed by atoms with Crippen LogP contribution in [0.1, 0.15) is 30.7 Å². The van der Waals surface area contributed by atoms with Gasteiger partial charge in [-0.1, -0.05) is 29.9 Å². The molecule has 0 saturated heterocycles. The van der Waals surface area contributed by atoms with Crippen molar-refractivity contribution in [3.63, 3.8) is 0 Å². The third-order valence-electron chi connectivity index (χ3n) is 3.53. The Bertz CT molecular complexity index is 488. The highest BCUT2D eigenvalue weighted by Gasteiger charge is 2.22. The van der Waals surface area contributed by atoms with Crippen LogP contribution in [-0.4, -0.2) is 6.61 Å². The number of rotatable bonds is 2. The van der Waals surface area contributed by atoms with Gasteiger partial charge in [0.15, 0.2) is 0 Å². The maximum absolute atomic E-state index is 5.73. The second kappa shape index (κ2) is 4.66.